The largest absolute Gasteiger partial charge is 0.481 e. The summed E-state index contributed by atoms with van der Waals surface area (Å²) in [6, 6.07) is 2.84. The highest BCUT2D eigenvalue weighted by Gasteiger charge is 2.38. The second-order valence-electron chi connectivity index (χ2n) is 7.22. The van der Waals surface area contributed by atoms with Gasteiger partial charge in [0, 0.05) is 0 Å². The highest BCUT2D eigenvalue weighted by Crippen LogP contribution is 2.21. The lowest BCUT2D eigenvalue weighted by atomic mass is 9.99. The molecular formula is C19H26F3N3O8. The van der Waals surface area contributed by atoms with Crippen molar-refractivity contribution in [2.75, 3.05) is 6.61 Å². The molecule has 0 bridgehead atoms. The molecule has 0 aliphatic carbocycles. The van der Waals surface area contributed by atoms with Crippen molar-refractivity contribution in [1.82, 2.24) is 10.6 Å². The summed E-state index contributed by atoms with van der Waals surface area (Å²) < 4.78 is 37.1. The molecule has 0 aromatic heterocycles. The molecule has 9 N–H and O–H groups in total. The summed E-state index contributed by atoms with van der Waals surface area (Å²) in [6.45, 7) is -1.08. The number of hydrogen-bond acceptors (Lipinski definition) is 8. The Labute approximate surface area is 186 Å². The average molecular weight is 481 g/mol. The van der Waals surface area contributed by atoms with E-state index in [-0.39, 0.29) is 0 Å². The number of benzene rings is 1. The third-order valence-corrected chi connectivity index (χ3v) is 4.56. The Morgan fingerprint density at radius 1 is 0.970 bits per heavy atom. The Hall–Kier alpha value is -2.78. The molecule has 11 nitrogen and oxygen atoms in total. The number of rotatable bonds is 12. The molecule has 6 atom stereocenters. The van der Waals surface area contributed by atoms with Crippen molar-refractivity contribution in [2.24, 2.45) is 5.73 Å². The lowest BCUT2D eigenvalue weighted by Gasteiger charge is -2.30. The Balaban J connectivity index is 2.84. The second kappa shape index (κ2) is 12.5. The molecule has 1 aromatic carbocycles. The van der Waals surface area contributed by atoms with E-state index in [1.807, 2.05) is 5.32 Å². The van der Waals surface area contributed by atoms with Crippen LogP contribution in [-0.2, 0) is 14.4 Å². The lowest BCUT2D eigenvalue weighted by Crippen LogP contribution is -2.58. The number of aliphatic carboxylic acids is 1. The van der Waals surface area contributed by atoms with Gasteiger partial charge in [-0.25, -0.2) is 0 Å². The molecule has 0 saturated heterocycles. The third-order valence-electron chi connectivity index (χ3n) is 4.56. The zero-order valence-electron chi connectivity index (χ0n) is 17.1. The maximum atomic E-state index is 12.4. The number of hydrogen-bond donors (Lipinski definition) is 8. The van der Waals surface area contributed by atoms with E-state index in [9.17, 15) is 48.0 Å². The van der Waals surface area contributed by atoms with Crippen molar-refractivity contribution in [3.63, 3.8) is 0 Å². The van der Waals surface area contributed by atoms with Crippen LogP contribution in [-0.4, -0.2) is 86.5 Å². The fourth-order valence-corrected chi connectivity index (χ4v) is 2.82. The summed E-state index contributed by atoms with van der Waals surface area (Å²) in [6.07, 6.45) is -13.9. The number of carbonyl (C=O) groups is 3. The van der Waals surface area contributed by atoms with Crippen molar-refractivity contribution in [1.29, 1.82) is 0 Å². The van der Waals surface area contributed by atoms with Gasteiger partial charge in [-0.3, -0.25) is 14.4 Å². The van der Waals surface area contributed by atoms with Crippen molar-refractivity contribution in [3.05, 3.63) is 35.9 Å². The Kier molecular flexibility index (Phi) is 10.7. The highest BCUT2D eigenvalue weighted by molar-refractivity contribution is 5.83. The second-order valence-corrected chi connectivity index (χ2v) is 7.22. The minimum atomic E-state index is -4.76. The predicted molar refractivity (Wildman–Crippen MR) is 105 cm³/mol. The molecule has 14 heteroatoms. The number of carboxylic acids is 1. The van der Waals surface area contributed by atoms with Crippen LogP contribution in [0.5, 0.6) is 0 Å². The smallest absolute Gasteiger partial charge is 0.391 e. The number of carbonyl (C=O) groups excluding carboxylic acids is 2. The van der Waals surface area contributed by atoms with Crippen LogP contribution in [0.4, 0.5) is 13.2 Å². The van der Waals surface area contributed by atoms with Gasteiger partial charge in [-0.2, -0.15) is 13.2 Å². The van der Waals surface area contributed by atoms with Gasteiger partial charge in [0.1, 0.15) is 12.2 Å². The summed E-state index contributed by atoms with van der Waals surface area (Å²) in [5.74, 6) is -3.96. The molecule has 1 aromatic rings. The first kappa shape index (κ1) is 28.3. The lowest BCUT2D eigenvalue weighted by molar-refractivity contribution is -0.150. The molecule has 33 heavy (non-hydrogen) atoms. The van der Waals surface area contributed by atoms with E-state index in [1.165, 1.54) is 12.1 Å². The molecule has 0 saturated carbocycles. The third kappa shape index (κ3) is 9.31. The van der Waals surface area contributed by atoms with E-state index in [4.69, 9.17) is 10.8 Å². The Morgan fingerprint density at radius 2 is 1.55 bits per heavy atom. The Morgan fingerprint density at radius 3 is 2.03 bits per heavy atom. The number of aliphatic hydroxyl groups excluding tert-OH is 4. The quantitative estimate of drug-likeness (QED) is 0.169. The highest BCUT2D eigenvalue weighted by atomic mass is 19.4. The molecule has 0 fully saturated rings. The molecule has 0 heterocycles. The molecule has 2 amide bonds. The van der Waals surface area contributed by atoms with Gasteiger partial charge in [0.05, 0.1) is 37.6 Å². The first-order valence-corrected chi connectivity index (χ1v) is 9.61. The monoisotopic (exact) mass is 481 g/mol. The minimum absolute atomic E-state index is 0.370. The molecule has 186 valence electrons. The van der Waals surface area contributed by atoms with Gasteiger partial charge in [0.2, 0.25) is 5.91 Å². The van der Waals surface area contributed by atoms with E-state index in [1.54, 1.807) is 18.2 Å². The molecule has 0 aliphatic heterocycles. The van der Waals surface area contributed by atoms with Gasteiger partial charge in [-0.1, -0.05) is 30.3 Å². The van der Waals surface area contributed by atoms with E-state index < -0.39 is 79.8 Å². The summed E-state index contributed by atoms with van der Waals surface area (Å²) in [4.78, 5) is 35.2. The standard InChI is InChI=1S/C19H26F3N3O8/c20-19(21,22)7-10(23)17(32)25-12(8-26)14(29)15(30)16(31)18(33)24-11(6-13(27)28)9-4-2-1-3-5-9/h1-5,10-12,14-16,26,29-31H,6-8,23H2,(H,24,33)(H,25,32)(H,27,28)/t10-,11-,12-,14+,15+,16-/m0/s1. The van der Waals surface area contributed by atoms with Gasteiger partial charge in [-0.15, -0.1) is 0 Å². The van der Waals surface area contributed by atoms with Crippen LogP contribution >= 0.6 is 0 Å². The van der Waals surface area contributed by atoms with Crippen LogP contribution in [0, 0.1) is 0 Å². The molecule has 0 unspecified atom stereocenters. The number of halogens is 3. The number of aliphatic hydroxyl groups is 4. The Bertz CT molecular complexity index is 796. The molecule has 0 spiro atoms. The van der Waals surface area contributed by atoms with Gasteiger partial charge in [-0.05, 0) is 5.56 Å². The van der Waals surface area contributed by atoms with Crippen molar-refractivity contribution < 1.29 is 53.1 Å². The van der Waals surface area contributed by atoms with E-state index in [0.29, 0.717) is 5.56 Å². The fraction of sp³-hybridized carbons (Fsp3) is 0.526. The summed E-state index contributed by atoms with van der Waals surface area (Å²) in [5.41, 5.74) is 5.49. The van der Waals surface area contributed by atoms with E-state index in [2.05, 4.69) is 5.32 Å². The van der Waals surface area contributed by atoms with Gasteiger partial charge in [0.25, 0.3) is 5.91 Å². The first-order valence-electron chi connectivity index (χ1n) is 9.61. The minimum Gasteiger partial charge on any atom is -0.481 e. The van der Waals surface area contributed by atoms with Crippen molar-refractivity contribution in [3.8, 4) is 0 Å². The van der Waals surface area contributed by atoms with Crippen LogP contribution in [0.15, 0.2) is 30.3 Å². The zero-order valence-corrected chi connectivity index (χ0v) is 17.1. The zero-order chi connectivity index (χ0) is 25.3. The summed E-state index contributed by atoms with van der Waals surface area (Å²) >= 11 is 0. The molecular weight excluding hydrogens is 455 g/mol. The predicted octanol–water partition coefficient (Wildman–Crippen LogP) is -1.84. The average Bonchev–Trinajstić information content (AvgIpc) is 2.74. The number of nitrogens with one attached hydrogen (secondary N) is 2. The van der Waals surface area contributed by atoms with Crippen LogP contribution in [0.25, 0.3) is 0 Å². The van der Waals surface area contributed by atoms with Gasteiger partial charge >= 0.3 is 12.1 Å². The van der Waals surface area contributed by atoms with Gasteiger partial charge in [0.15, 0.2) is 6.10 Å². The number of carboxylic acid groups (broad SMARTS) is 1. The summed E-state index contributed by atoms with van der Waals surface area (Å²) in [7, 11) is 0. The van der Waals surface area contributed by atoms with Gasteiger partial charge < -0.3 is 41.9 Å². The van der Waals surface area contributed by atoms with Crippen LogP contribution in [0.2, 0.25) is 0 Å². The van der Waals surface area contributed by atoms with Crippen LogP contribution in [0.3, 0.4) is 0 Å². The maximum Gasteiger partial charge on any atom is 0.391 e. The molecule has 0 aliphatic rings. The summed E-state index contributed by atoms with van der Waals surface area (Å²) in [5, 5.41) is 52.7. The maximum absolute atomic E-state index is 12.4. The SMILES string of the molecule is N[C@@H](CC(F)(F)F)C(=O)N[C@@H](CO)[C@@H](O)[C@@H](O)[C@H](O)C(=O)N[C@@H](CC(=O)O)c1ccccc1. The molecule has 0 radical (unpaired) electrons. The number of nitrogens with two attached hydrogens (primary N) is 1. The first-order chi connectivity index (χ1) is 15.3. The van der Waals surface area contributed by atoms with Crippen molar-refractivity contribution in [2.45, 2.75) is 55.5 Å². The van der Waals surface area contributed by atoms with E-state index in [0.717, 1.165) is 0 Å². The normalized spacial score (nSPS) is 17.2. The number of amides is 2. The van der Waals surface area contributed by atoms with Crippen LogP contribution in [0.1, 0.15) is 24.4 Å². The van der Waals surface area contributed by atoms with E-state index >= 15 is 0 Å². The fourth-order valence-electron chi connectivity index (χ4n) is 2.82. The topological polar surface area (TPSA) is 202 Å². The van der Waals surface area contributed by atoms with Crippen LogP contribution < -0.4 is 16.4 Å². The van der Waals surface area contributed by atoms with Crippen molar-refractivity contribution >= 4 is 17.8 Å². The number of alkyl halides is 3. The molecule has 1 rings (SSSR count).